The van der Waals surface area contributed by atoms with Crippen LogP contribution in [0.2, 0.25) is 0 Å². The fourth-order valence-corrected chi connectivity index (χ4v) is 8.08. The SMILES string of the molecule is CC(C)C(O)C1CCC(O)C2C(O)C3C(O)C4(O)C(O)C(C(N)O)C(O)C[C@]4(O)C[C@]3(O)CC12. The van der Waals surface area contributed by atoms with Gasteiger partial charge in [-0.25, -0.2) is 0 Å². The Labute approximate surface area is 198 Å². The Kier molecular flexibility index (Phi) is 6.70. The van der Waals surface area contributed by atoms with Gasteiger partial charge in [-0.1, -0.05) is 13.8 Å². The number of hydrogen-bond donors (Lipinski definition) is 11. The molecule has 4 saturated carbocycles. The highest BCUT2D eigenvalue weighted by molar-refractivity contribution is 5.26. The molecule has 15 atom stereocenters. The monoisotopic (exact) mass is 491 g/mol. The maximum Gasteiger partial charge on any atom is 0.146 e. The van der Waals surface area contributed by atoms with Gasteiger partial charge in [-0.15, -0.1) is 0 Å². The van der Waals surface area contributed by atoms with E-state index in [9.17, 15) is 51.1 Å². The van der Waals surface area contributed by atoms with Gasteiger partial charge in [-0.2, -0.15) is 0 Å². The van der Waals surface area contributed by atoms with Gasteiger partial charge in [0.15, 0.2) is 0 Å². The van der Waals surface area contributed by atoms with Gasteiger partial charge in [0.25, 0.3) is 0 Å². The zero-order valence-corrected chi connectivity index (χ0v) is 19.6. The number of aliphatic hydroxyl groups is 10. The molecule has 4 aliphatic rings. The molecule has 0 bridgehead atoms. The molecule has 12 N–H and O–H groups in total. The summed E-state index contributed by atoms with van der Waals surface area (Å²) in [6.07, 6.45) is -11.2. The summed E-state index contributed by atoms with van der Waals surface area (Å²) in [5, 5.41) is 110. The molecular formula is C23H41NO10. The van der Waals surface area contributed by atoms with E-state index >= 15 is 0 Å². The van der Waals surface area contributed by atoms with E-state index in [1.165, 1.54) is 0 Å². The van der Waals surface area contributed by atoms with E-state index in [-0.39, 0.29) is 18.3 Å². The van der Waals surface area contributed by atoms with Crippen LogP contribution in [0.4, 0.5) is 0 Å². The fraction of sp³-hybridized carbons (Fsp3) is 1.00. The minimum atomic E-state index is -2.72. The van der Waals surface area contributed by atoms with E-state index in [2.05, 4.69) is 0 Å². The van der Waals surface area contributed by atoms with Crippen LogP contribution in [0.3, 0.4) is 0 Å². The van der Waals surface area contributed by atoms with Gasteiger partial charge in [-0.3, -0.25) is 0 Å². The van der Waals surface area contributed by atoms with E-state index in [0.717, 1.165) is 0 Å². The number of aliphatic hydroxyl groups excluding tert-OH is 7. The van der Waals surface area contributed by atoms with Crippen LogP contribution >= 0.6 is 0 Å². The molecule has 0 aromatic carbocycles. The molecule has 4 aliphatic carbocycles. The third-order valence-corrected chi connectivity index (χ3v) is 9.71. The second kappa shape index (κ2) is 8.56. The predicted octanol–water partition coefficient (Wildman–Crippen LogP) is -3.64. The minimum absolute atomic E-state index is 0.0739. The summed E-state index contributed by atoms with van der Waals surface area (Å²) in [5.74, 6) is -4.75. The van der Waals surface area contributed by atoms with E-state index in [1.807, 2.05) is 13.8 Å². The number of nitrogens with two attached hydrogens (primary N) is 1. The molecule has 0 spiro atoms. The Balaban J connectivity index is 1.76. The number of rotatable bonds is 3. The van der Waals surface area contributed by atoms with Crippen LogP contribution in [0.5, 0.6) is 0 Å². The van der Waals surface area contributed by atoms with Crippen molar-refractivity contribution >= 4 is 0 Å². The summed E-state index contributed by atoms with van der Waals surface area (Å²) in [7, 11) is 0. The molecule has 0 heterocycles. The van der Waals surface area contributed by atoms with Crippen LogP contribution in [0.1, 0.15) is 46.0 Å². The van der Waals surface area contributed by atoms with Crippen LogP contribution in [-0.2, 0) is 0 Å². The Bertz CT molecular complexity index is 770. The number of fused-ring (bicyclic) bond motifs is 3. The topological polar surface area (TPSA) is 228 Å². The maximum atomic E-state index is 11.8. The van der Waals surface area contributed by atoms with Crippen molar-refractivity contribution in [3.05, 3.63) is 0 Å². The first-order valence-corrected chi connectivity index (χ1v) is 12.3. The van der Waals surface area contributed by atoms with Crippen molar-refractivity contribution in [1.29, 1.82) is 0 Å². The lowest BCUT2D eigenvalue weighted by Crippen LogP contribution is -2.84. The zero-order chi connectivity index (χ0) is 25.5. The van der Waals surface area contributed by atoms with Crippen LogP contribution in [0.25, 0.3) is 0 Å². The highest BCUT2D eigenvalue weighted by Crippen LogP contribution is 2.61. The molecule has 11 nitrogen and oxygen atoms in total. The van der Waals surface area contributed by atoms with Crippen molar-refractivity contribution in [1.82, 2.24) is 0 Å². The molecular weight excluding hydrogens is 450 g/mol. The minimum Gasteiger partial charge on any atom is -0.393 e. The van der Waals surface area contributed by atoms with Crippen molar-refractivity contribution in [3.63, 3.8) is 0 Å². The summed E-state index contributed by atoms with van der Waals surface area (Å²) in [6, 6.07) is 0. The van der Waals surface area contributed by atoms with E-state index in [0.29, 0.717) is 12.8 Å². The van der Waals surface area contributed by atoms with Crippen molar-refractivity contribution < 1.29 is 51.1 Å². The molecule has 0 aliphatic heterocycles. The standard InChI is InChI=1S/C23H41NO10/c1-8(2)16(27)9-3-4-11(25)13-10(9)5-21(32)7-22(33)6-12(26)14(20(24)31)18(29)23(22,34)19(30)15(21)17(13)28/h8-20,25-34H,3-7,24H2,1-2H3/t9?,10?,11?,12?,13?,14?,15?,16?,17?,18?,19?,20?,21-,22+,23?/m1/s1. The summed E-state index contributed by atoms with van der Waals surface area (Å²) in [6.45, 7) is 3.70. The fourth-order valence-electron chi connectivity index (χ4n) is 8.08. The van der Waals surface area contributed by atoms with Gasteiger partial charge in [0.1, 0.15) is 17.4 Å². The molecule has 0 aromatic rings. The van der Waals surface area contributed by atoms with E-state index in [1.54, 1.807) is 0 Å². The third-order valence-electron chi connectivity index (χ3n) is 9.71. The first-order chi connectivity index (χ1) is 15.6. The average molecular weight is 492 g/mol. The van der Waals surface area contributed by atoms with Crippen LogP contribution in [0.15, 0.2) is 0 Å². The van der Waals surface area contributed by atoms with Crippen molar-refractivity contribution in [3.8, 4) is 0 Å². The molecule has 198 valence electrons. The van der Waals surface area contributed by atoms with Gasteiger partial charge in [0, 0.05) is 24.7 Å². The Morgan fingerprint density at radius 1 is 0.853 bits per heavy atom. The van der Waals surface area contributed by atoms with Crippen molar-refractivity contribution in [2.45, 2.75) is 106 Å². The number of hydrogen-bond acceptors (Lipinski definition) is 11. The van der Waals surface area contributed by atoms with Gasteiger partial charge < -0.3 is 56.8 Å². The van der Waals surface area contributed by atoms with Gasteiger partial charge in [-0.05, 0) is 37.0 Å². The lowest BCUT2D eigenvalue weighted by molar-refractivity contribution is -0.368. The van der Waals surface area contributed by atoms with Gasteiger partial charge >= 0.3 is 0 Å². The summed E-state index contributed by atoms with van der Waals surface area (Å²) >= 11 is 0. The quantitative estimate of drug-likeness (QED) is 0.173. The van der Waals surface area contributed by atoms with Crippen LogP contribution in [-0.4, -0.2) is 111 Å². The molecule has 0 radical (unpaired) electrons. The van der Waals surface area contributed by atoms with Crippen molar-refractivity contribution in [2.24, 2.45) is 41.2 Å². The van der Waals surface area contributed by atoms with Crippen LogP contribution < -0.4 is 5.73 Å². The average Bonchev–Trinajstić information content (AvgIpc) is 2.69. The first kappa shape index (κ1) is 26.6. The zero-order valence-electron chi connectivity index (χ0n) is 19.6. The lowest BCUT2D eigenvalue weighted by Gasteiger charge is -2.67. The Morgan fingerprint density at radius 3 is 2.03 bits per heavy atom. The van der Waals surface area contributed by atoms with E-state index in [4.69, 9.17) is 5.73 Å². The second-order valence-electron chi connectivity index (χ2n) is 11.9. The van der Waals surface area contributed by atoms with Crippen molar-refractivity contribution in [2.75, 3.05) is 0 Å². The highest BCUT2D eigenvalue weighted by Gasteiger charge is 2.76. The maximum absolute atomic E-state index is 11.8. The molecule has 11 heteroatoms. The van der Waals surface area contributed by atoms with Gasteiger partial charge in [0.05, 0.1) is 48.1 Å². The first-order valence-electron chi connectivity index (χ1n) is 12.3. The second-order valence-corrected chi connectivity index (χ2v) is 11.9. The molecule has 4 fully saturated rings. The Morgan fingerprint density at radius 2 is 1.47 bits per heavy atom. The summed E-state index contributed by atoms with van der Waals surface area (Å²) in [4.78, 5) is 0. The highest BCUT2D eigenvalue weighted by atomic mass is 16.4. The molecule has 13 unspecified atom stereocenters. The van der Waals surface area contributed by atoms with Crippen LogP contribution in [0, 0.1) is 35.5 Å². The molecule has 0 aromatic heterocycles. The smallest absolute Gasteiger partial charge is 0.146 e. The molecule has 34 heavy (non-hydrogen) atoms. The molecule has 4 rings (SSSR count). The third kappa shape index (κ3) is 3.52. The van der Waals surface area contributed by atoms with E-state index < -0.39 is 96.2 Å². The Hall–Kier alpha value is -0.440. The predicted molar refractivity (Wildman–Crippen MR) is 116 cm³/mol. The molecule has 0 saturated heterocycles. The lowest BCUT2D eigenvalue weighted by atomic mass is 9.44. The molecule has 0 amide bonds. The summed E-state index contributed by atoms with van der Waals surface area (Å²) in [5.41, 5.74) is -1.54. The largest absolute Gasteiger partial charge is 0.393 e. The normalized spacial score (nSPS) is 57.4. The summed E-state index contributed by atoms with van der Waals surface area (Å²) < 4.78 is 0. The van der Waals surface area contributed by atoms with Gasteiger partial charge in [0.2, 0.25) is 0 Å².